The molecule has 2 nitrogen and oxygen atoms in total. The Morgan fingerprint density at radius 1 is 1.21 bits per heavy atom. The standard InChI is InChI=1S/C17H20N2/c1-12(18)14-8-2-3-9-15(14)16-10-4-6-13-7-5-11-19-17(13)16/h2-3,5,7-9,11-12,16H,4,6,10,18H2,1H3. The summed E-state index contributed by atoms with van der Waals surface area (Å²) in [5.41, 5.74) is 11.4. The van der Waals surface area contributed by atoms with Gasteiger partial charge in [0.1, 0.15) is 0 Å². The van der Waals surface area contributed by atoms with Gasteiger partial charge >= 0.3 is 0 Å². The summed E-state index contributed by atoms with van der Waals surface area (Å²) in [6.07, 6.45) is 5.47. The van der Waals surface area contributed by atoms with Crippen LogP contribution in [0.1, 0.15) is 54.1 Å². The summed E-state index contributed by atoms with van der Waals surface area (Å²) >= 11 is 0. The first-order valence-corrected chi connectivity index (χ1v) is 7.05. The lowest BCUT2D eigenvalue weighted by molar-refractivity contribution is 0.590. The Hall–Kier alpha value is -1.67. The maximum Gasteiger partial charge on any atom is 0.0510 e. The lowest BCUT2D eigenvalue weighted by atomic mass is 9.79. The molecule has 0 bridgehead atoms. The second kappa shape index (κ2) is 5.14. The summed E-state index contributed by atoms with van der Waals surface area (Å²) in [6, 6.07) is 12.9. The Morgan fingerprint density at radius 3 is 2.89 bits per heavy atom. The minimum absolute atomic E-state index is 0.0743. The Kier molecular flexibility index (Phi) is 3.34. The number of nitrogens with zero attached hydrogens (tertiary/aromatic N) is 1. The zero-order chi connectivity index (χ0) is 13.2. The summed E-state index contributed by atoms with van der Waals surface area (Å²) in [4.78, 5) is 4.64. The van der Waals surface area contributed by atoms with E-state index in [2.05, 4.69) is 42.2 Å². The van der Waals surface area contributed by atoms with Gasteiger partial charge in [-0.05, 0) is 48.9 Å². The molecule has 2 N–H and O–H groups in total. The third kappa shape index (κ3) is 2.28. The van der Waals surface area contributed by atoms with Crippen LogP contribution < -0.4 is 5.73 Å². The van der Waals surface area contributed by atoms with Crippen molar-refractivity contribution in [3.8, 4) is 0 Å². The summed E-state index contributed by atoms with van der Waals surface area (Å²) in [5, 5.41) is 0. The molecule has 98 valence electrons. The van der Waals surface area contributed by atoms with Crippen LogP contribution in [0.5, 0.6) is 0 Å². The summed E-state index contributed by atoms with van der Waals surface area (Å²) in [7, 11) is 0. The van der Waals surface area contributed by atoms with Gasteiger partial charge in [0, 0.05) is 18.2 Å². The van der Waals surface area contributed by atoms with E-state index in [9.17, 15) is 0 Å². The van der Waals surface area contributed by atoms with E-state index < -0.39 is 0 Å². The van der Waals surface area contributed by atoms with Crippen molar-refractivity contribution in [1.82, 2.24) is 4.98 Å². The highest BCUT2D eigenvalue weighted by Crippen LogP contribution is 2.37. The zero-order valence-electron chi connectivity index (χ0n) is 11.3. The molecule has 3 rings (SSSR count). The molecule has 1 heterocycles. The summed E-state index contributed by atoms with van der Waals surface area (Å²) < 4.78 is 0. The molecule has 2 heteroatoms. The van der Waals surface area contributed by atoms with E-state index in [1.54, 1.807) is 0 Å². The average molecular weight is 252 g/mol. The molecule has 19 heavy (non-hydrogen) atoms. The minimum atomic E-state index is 0.0743. The molecule has 0 saturated carbocycles. The van der Waals surface area contributed by atoms with E-state index in [0.717, 1.165) is 6.42 Å². The second-order valence-corrected chi connectivity index (χ2v) is 5.41. The van der Waals surface area contributed by atoms with Crippen LogP contribution in [0.15, 0.2) is 42.6 Å². The fourth-order valence-electron chi connectivity index (χ4n) is 3.16. The third-order valence-electron chi connectivity index (χ3n) is 4.06. The van der Waals surface area contributed by atoms with Crippen molar-refractivity contribution in [3.05, 3.63) is 65.0 Å². The molecule has 0 spiro atoms. The van der Waals surface area contributed by atoms with Gasteiger partial charge in [0.25, 0.3) is 0 Å². The van der Waals surface area contributed by atoms with Crippen molar-refractivity contribution < 1.29 is 0 Å². The van der Waals surface area contributed by atoms with Crippen LogP contribution in [0.3, 0.4) is 0 Å². The van der Waals surface area contributed by atoms with Crippen molar-refractivity contribution in [3.63, 3.8) is 0 Å². The van der Waals surface area contributed by atoms with Crippen molar-refractivity contribution >= 4 is 0 Å². The molecule has 0 fully saturated rings. The molecule has 1 aromatic carbocycles. The van der Waals surface area contributed by atoms with Gasteiger partial charge in [-0.15, -0.1) is 0 Å². The molecule has 0 aliphatic heterocycles. The van der Waals surface area contributed by atoms with Crippen molar-refractivity contribution in [2.75, 3.05) is 0 Å². The number of hydrogen-bond acceptors (Lipinski definition) is 2. The van der Waals surface area contributed by atoms with Gasteiger partial charge in [0.05, 0.1) is 5.69 Å². The first kappa shape index (κ1) is 12.4. The van der Waals surface area contributed by atoms with Crippen molar-refractivity contribution in [1.29, 1.82) is 0 Å². The highest BCUT2D eigenvalue weighted by atomic mass is 14.7. The fourth-order valence-corrected chi connectivity index (χ4v) is 3.16. The molecule has 2 atom stereocenters. The number of nitrogens with two attached hydrogens (primary N) is 1. The van der Waals surface area contributed by atoms with Gasteiger partial charge in [0.2, 0.25) is 0 Å². The number of aryl methyl sites for hydroxylation is 1. The molecular formula is C17H20N2. The van der Waals surface area contributed by atoms with E-state index >= 15 is 0 Å². The van der Waals surface area contributed by atoms with Crippen LogP contribution in [0, 0.1) is 0 Å². The Labute approximate surface area is 114 Å². The van der Waals surface area contributed by atoms with E-state index in [4.69, 9.17) is 5.73 Å². The van der Waals surface area contributed by atoms with E-state index in [1.807, 2.05) is 12.3 Å². The largest absolute Gasteiger partial charge is 0.324 e. The number of benzene rings is 1. The molecule has 1 aromatic heterocycles. The first-order valence-electron chi connectivity index (χ1n) is 7.05. The lowest BCUT2D eigenvalue weighted by Crippen LogP contribution is -2.17. The number of hydrogen-bond donors (Lipinski definition) is 1. The van der Waals surface area contributed by atoms with Crippen LogP contribution in [-0.2, 0) is 6.42 Å². The van der Waals surface area contributed by atoms with Gasteiger partial charge in [-0.3, -0.25) is 4.98 Å². The molecule has 2 aromatic rings. The third-order valence-corrected chi connectivity index (χ3v) is 4.06. The first-order chi connectivity index (χ1) is 9.27. The Balaban J connectivity index is 2.09. The maximum atomic E-state index is 6.12. The quantitative estimate of drug-likeness (QED) is 0.887. The minimum Gasteiger partial charge on any atom is -0.324 e. The second-order valence-electron chi connectivity index (χ2n) is 5.41. The van der Waals surface area contributed by atoms with Gasteiger partial charge in [-0.2, -0.15) is 0 Å². The monoisotopic (exact) mass is 252 g/mol. The molecule has 1 aliphatic rings. The van der Waals surface area contributed by atoms with Crippen LogP contribution in [-0.4, -0.2) is 4.98 Å². The van der Waals surface area contributed by atoms with Crippen molar-refractivity contribution in [2.45, 2.75) is 38.1 Å². The van der Waals surface area contributed by atoms with Crippen LogP contribution >= 0.6 is 0 Å². The van der Waals surface area contributed by atoms with Crippen LogP contribution in [0.2, 0.25) is 0 Å². The topological polar surface area (TPSA) is 38.9 Å². The number of fused-ring (bicyclic) bond motifs is 1. The maximum absolute atomic E-state index is 6.12. The van der Waals surface area contributed by atoms with Crippen LogP contribution in [0.4, 0.5) is 0 Å². The summed E-state index contributed by atoms with van der Waals surface area (Å²) in [5.74, 6) is 0.409. The highest BCUT2D eigenvalue weighted by Gasteiger charge is 2.25. The van der Waals surface area contributed by atoms with Crippen LogP contribution in [0.25, 0.3) is 0 Å². The number of pyridine rings is 1. The predicted octanol–water partition coefficient (Wildman–Crippen LogP) is 3.57. The van der Waals surface area contributed by atoms with Gasteiger partial charge in [-0.25, -0.2) is 0 Å². The van der Waals surface area contributed by atoms with Gasteiger partial charge < -0.3 is 5.73 Å². The normalized spacial score (nSPS) is 19.8. The Morgan fingerprint density at radius 2 is 2.05 bits per heavy atom. The molecule has 0 radical (unpaired) electrons. The molecular weight excluding hydrogens is 232 g/mol. The number of rotatable bonds is 2. The molecule has 2 unspecified atom stereocenters. The SMILES string of the molecule is CC(N)c1ccccc1C1CCCc2cccnc21. The van der Waals surface area contributed by atoms with E-state index in [-0.39, 0.29) is 6.04 Å². The van der Waals surface area contributed by atoms with Gasteiger partial charge in [0.15, 0.2) is 0 Å². The highest BCUT2D eigenvalue weighted by molar-refractivity contribution is 5.40. The molecule has 0 amide bonds. The smallest absolute Gasteiger partial charge is 0.0510 e. The average Bonchev–Trinajstić information content (AvgIpc) is 2.46. The van der Waals surface area contributed by atoms with Crippen molar-refractivity contribution in [2.24, 2.45) is 5.73 Å². The predicted molar refractivity (Wildman–Crippen MR) is 78.1 cm³/mol. The Bertz CT molecular complexity index is 575. The zero-order valence-corrected chi connectivity index (χ0v) is 11.3. The summed E-state index contributed by atoms with van der Waals surface area (Å²) in [6.45, 7) is 2.06. The van der Waals surface area contributed by atoms with Gasteiger partial charge in [-0.1, -0.05) is 30.3 Å². The number of aromatic nitrogens is 1. The molecule has 0 saturated heterocycles. The van der Waals surface area contributed by atoms with E-state index in [0.29, 0.717) is 5.92 Å². The lowest BCUT2D eigenvalue weighted by Gasteiger charge is -2.27. The van der Waals surface area contributed by atoms with E-state index in [1.165, 1.54) is 35.2 Å². The molecule has 1 aliphatic carbocycles. The fraction of sp³-hybridized carbons (Fsp3) is 0.353.